The number of hydrogen-bond acceptors (Lipinski definition) is 7. The first kappa shape index (κ1) is 23.5. The summed E-state index contributed by atoms with van der Waals surface area (Å²) in [5.74, 6) is 0.530. The molecule has 0 amide bonds. The Morgan fingerprint density at radius 1 is 1.06 bits per heavy atom. The fourth-order valence-electron chi connectivity index (χ4n) is 4.48. The number of pyridine rings is 1. The van der Waals surface area contributed by atoms with Crippen molar-refractivity contribution in [2.24, 2.45) is 0 Å². The van der Waals surface area contributed by atoms with E-state index in [9.17, 15) is 9.32 Å². The highest BCUT2D eigenvalue weighted by Crippen LogP contribution is 2.27. The summed E-state index contributed by atoms with van der Waals surface area (Å²) in [5, 5.41) is 17.6. The van der Waals surface area contributed by atoms with Gasteiger partial charge in [-0.25, -0.2) is 4.52 Å². The summed E-state index contributed by atoms with van der Waals surface area (Å²) < 4.78 is 13.5. The van der Waals surface area contributed by atoms with Gasteiger partial charge in [0.15, 0.2) is 5.65 Å². The number of nitrogens with one attached hydrogen (secondary N) is 1. The highest BCUT2D eigenvalue weighted by atomic mass is 32.2. The van der Waals surface area contributed by atoms with Crippen molar-refractivity contribution < 1.29 is 9.32 Å². The van der Waals surface area contributed by atoms with Gasteiger partial charge in [-0.05, 0) is 55.0 Å². The maximum Gasteiger partial charge on any atom is 0.247 e. The van der Waals surface area contributed by atoms with Crippen molar-refractivity contribution >= 4 is 33.8 Å². The minimum absolute atomic E-state index is 0.297. The predicted molar refractivity (Wildman–Crippen MR) is 141 cm³/mol. The molecular formula is C26H30N6O2S. The molecule has 1 fully saturated rings. The van der Waals surface area contributed by atoms with Gasteiger partial charge in [0.05, 0.1) is 6.10 Å². The molecule has 0 aliphatic carbocycles. The van der Waals surface area contributed by atoms with Crippen LogP contribution in [0.4, 0.5) is 17.3 Å². The topological polar surface area (TPSA) is 86.0 Å². The van der Waals surface area contributed by atoms with Gasteiger partial charge >= 0.3 is 0 Å². The van der Waals surface area contributed by atoms with Gasteiger partial charge in [-0.2, -0.15) is 4.98 Å². The first-order chi connectivity index (χ1) is 17.0. The van der Waals surface area contributed by atoms with Gasteiger partial charge in [-0.15, -0.1) is 5.10 Å². The molecule has 35 heavy (non-hydrogen) atoms. The number of hydrogen-bond donors (Lipinski definition) is 2. The van der Waals surface area contributed by atoms with Crippen LogP contribution in [0, 0.1) is 0 Å². The summed E-state index contributed by atoms with van der Waals surface area (Å²) in [4.78, 5) is 10.2. The first-order valence-electron chi connectivity index (χ1n) is 11.8. The molecule has 0 bridgehead atoms. The van der Waals surface area contributed by atoms with Gasteiger partial charge in [-0.1, -0.05) is 18.2 Å². The fourth-order valence-corrected chi connectivity index (χ4v) is 5.00. The van der Waals surface area contributed by atoms with E-state index in [0.717, 1.165) is 65.8 Å². The van der Waals surface area contributed by atoms with E-state index in [1.807, 2.05) is 61.7 Å². The Morgan fingerprint density at radius 3 is 2.54 bits per heavy atom. The largest absolute Gasteiger partial charge is 0.392 e. The Bertz CT molecular complexity index is 1330. The number of anilines is 3. The van der Waals surface area contributed by atoms with E-state index in [4.69, 9.17) is 4.98 Å². The molecule has 182 valence electrons. The number of aromatic nitrogens is 3. The maximum absolute atomic E-state index is 11.7. The predicted octanol–water partition coefficient (Wildman–Crippen LogP) is 3.38. The summed E-state index contributed by atoms with van der Waals surface area (Å²) >= 11 is 0. The smallest absolute Gasteiger partial charge is 0.247 e. The second-order valence-electron chi connectivity index (χ2n) is 8.92. The van der Waals surface area contributed by atoms with E-state index in [0.29, 0.717) is 5.95 Å². The molecule has 0 radical (unpaired) electrons. The zero-order chi connectivity index (χ0) is 24.4. The summed E-state index contributed by atoms with van der Waals surface area (Å²) in [6.45, 7) is 6.29. The first-order valence-corrected chi connectivity index (χ1v) is 13.3. The van der Waals surface area contributed by atoms with Crippen molar-refractivity contribution in [2.75, 3.05) is 49.2 Å². The van der Waals surface area contributed by atoms with Crippen molar-refractivity contribution in [3.8, 4) is 11.1 Å². The van der Waals surface area contributed by atoms with Crippen LogP contribution in [0.2, 0.25) is 0 Å². The highest BCUT2D eigenvalue weighted by molar-refractivity contribution is 7.84. The van der Waals surface area contributed by atoms with Gasteiger partial charge in [0.1, 0.15) is 0 Å². The third-order valence-electron chi connectivity index (χ3n) is 6.22. The lowest BCUT2D eigenvalue weighted by atomic mass is 10.1. The van der Waals surface area contributed by atoms with Gasteiger partial charge in [0, 0.05) is 77.8 Å². The van der Waals surface area contributed by atoms with E-state index in [1.165, 1.54) is 0 Å². The molecule has 4 aromatic rings. The summed E-state index contributed by atoms with van der Waals surface area (Å²) in [6, 6.07) is 20.0. The molecule has 2 unspecified atom stereocenters. The Labute approximate surface area is 207 Å². The van der Waals surface area contributed by atoms with Crippen LogP contribution < -0.4 is 10.2 Å². The molecule has 1 aliphatic heterocycles. The number of β-amino-alcohol motifs (C(OH)–C–C–N with tert-alkyl or cyclic N) is 1. The average Bonchev–Trinajstić information content (AvgIpc) is 3.27. The number of fused-ring (bicyclic) bond motifs is 1. The number of piperazine rings is 1. The van der Waals surface area contributed by atoms with Crippen LogP contribution in [0.25, 0.3) is 16.8 Å². The molecule has 2 N–H and O–H groups in total. The van der Waals surface area contributed by atoms with E-state index in [2.05, 4.69) is 32.3 Å². The van der Waals surface area contributed by atoms with Crippen LogP contribution >= 0.6 is 0 Å². The number of nitrogens with zero attached hydrogens (tertiary/aromatic N) is 5. The van der Waals surface area contributed by atoms with Crippen LogP contribution in [0.3, 0.4) is 0 Å². The quantitative estimate of drug-likeness (QED) is 0.411. The lowest BCUT2D eigenvalue weighted by Crippen LogP contribution is -2.48. The molecule has 0 saturated carbocycles. The highest BCUT2D eigenvalue weighted by Gasteiger charge is 2.18. The van der Waals surface area contributed by atoms with Crippen molar-refractivity contribution in [1.82, 2.24) is 19.5 Å². The Kier molecular flexibility index (Phi) is 6.81. The monoisotopic (exact) mass is 490 g/mol. The standard InChI is InChI=1S/C26H30N6O2S/c1-19(33)18-30-13-15-31(16-14-30)22-6-3-5-21(17-22)27-26-28-25-24(7-4-12-32(25)29-26)20-8-10-23(11-9-20)35(2)34/h3-12,17,19,33H,13-16,18H2,1-2H3,(H,27,29). The lowest BCUT2D eigenvalue weighted by Gasteiger charge is -2.36. The molecule has 0 spiro atoms. The van der Waals surface area contributed by atoms with Crippen molar-refractivity contribution in [3.63, 3.8) is 0 Å². The maximum atomic E-state index is 11.7. The molecule has 2 atom stereocenters. The minimum Gasteiger partial charge on any atom is -0.392 e. The molecule has 5 rings (SSSR count). The van der Waals surface area contributed by atoms with E-state index >= 15 is 0 Å². The average molecular weight is 491 g/mol. The minimum atomic E-state index is -1.01. The van der Waals surface area contributed by atoms with Crippen LogP contribution in [0.1, 0.15) is 6.92 Å². The third kappa shape index (κ3) is 5.37. The second-order valence-corrected chi connectivity index (χ2v) is 10.3. The third-order valence-corrected chi connectivity index (χ3v) is 7.16. The van der Waals surface area contributed by atoms with Gasteiger partial charge in [-0.3, -0.25) is 9.11 Å². The molecule has 8 nitrogen and oxygen atoms in total. The van der Waals surface area contributed by atoms with Crippen LogP contribution in [-0.2, 0) is 10.8 Å². The normalized spacial score (nSPS) is 16.4. The molecule has 1 saturated heterocycles. The Hall–Kier alpha value is -3.27. The molecule has 9 heteroatoms. The Balaban J connectivity index is 1.33. The van der Waals surface area contributed by atoms with Crippen molar-refractivity contribution in [2.45, 2.75) is 17.9 Å². The van der Waals surface area contributed by atoms with E-state index in [1.54, 1.807) is 10.8 Å². The van der Waals surface area contributed by atoms with Gasteiger partial charge in [0.2, 0.25) is 5.95 Å². The zero-order valence-corrected chi connectivity index (χ0v) is 20.8. The Morgan fingerprint density at radius 2 is 1.83 bits per heavy atom. The molecule has 1 aliphatic rings. The van der Waals surface area contributed by atoms with Crippen LogP contribution in [0.15, 0.2) is 71.8 Å². The van der Waals surface area contributed by atoms with E-state index in [-0.39, 0.29) is 6.10 Å². The van der Waals surface area contributed by atoms with Crippen molar-refractivity contribution in [1.29, 1.82) is 0 Å². The summed E-state index contributed by atoms with van der Waals surface area (Å²) in [5.41, 5.74) is 4.81. The molecule has 2 aromatic heterocycles. The summed E-state index contributed by atoms with van der Waals surface area (Å²) in [6.07, 6.45) is 3.27. The number of rotatable bonds is 7. The number of benzene rings is 2. The van der Waals surface area contributed by atoms with Crippen LogP contribution in [-0.4, -0.2) is 73.9 Å². The lowest BCUT2D eigenvalue weighted by molar-refractivity contribution is 0.123. The zero-order valence-electron chi connectivity index (χ0n) is 20.0. The number of aliphatic hydroxyl groups is 1. The molecule has 2 aromatic carbocycles. The number of aliphatic hydroxyl groups excluding tert-OH is 1. The fraction of sp³-hybridized carbons (Fsp3) is 0.308. The van der Waals surface area contributed by atoms with Crippen LogP contribution in [0.5, 0.6) is 0 Å². The van der Waals surface area contributed by atoms with E-state index < -0.39 is 10.8 Å². The van der Waals surface area contributed by atoms with Crippen molar-refractivity contribution in [3.05, 3.63) is 66.9 Å². The van der Waals surface area contributed by atoms with Gasteiger partial charge in [0.25, 0.3) is 0 Å². The second kappa shape index (κ2) is 10.2. The molecular weight excluding hydrogens is 460 g/mol. The molecule has 3 heterocycles. The van der Waals surface area contributed by atoms with Gasteiger partial charge < -0.3 is 15.3 Å². The summed E-state index contributed by atoms with van der Waals surface area (Å²) in [7, 11) is -1.01. The SMILES string of the molecule is CC(O)CN1CCN(c2cccc(Nc3nc4c(-c5ccc(S(C)=O)cc5)cccn4n3)c2)CC1.